The molecule has 0 spiro atoms. The van der Waals surface area contributed by atoms with Gasteiger partial charge in [-0.1, -0.05) is 0 Å². The van der Waals surface area contributed by atoms with Crippen molar-refractivity contribution in [3.8, 4) is 0 Å². The van der Waals surface area contributed by atoms with Gasteiger partial charge in [-0.2, -0.15) is 0 Å². The van der Waals surface area contributed by atoms with Crippen LogP contribution in [0.2, 0.25) is 0 Å². The molecule has 0 radical (unpaired) electrons. The summed E-state index contributed by atoms with van der Waals surface area (Å²) in [5.41, 5.74) is 5.13. The van der Waals surface area contributed by atoms with Gasteiger partial charge >= 0.3 is 0 Å². The Morgan fingerprint density at radius 3 is 2.73 bits per heavy atom. The molecule has 1 aliphatic heterocycles. The molecule has 0 bridgehead atoms. The van der Waals surface area contributed by atoms with E-state index in [-0.39, 0.29) is 5.91 Å². The zero-order chi connectivity index (χ0) is 7.90. The van der Waals surface area contributed by atoms with Gasteiger partial charge in [-0.25, -0.2) is 5.06 Å². The largest absolute Gasteiger partial charge is 0.317 e. The second-order valence-electron chi connectivity index (χ2n) is 3.25. The first kappa shape index (κ1) is 7.06. The van der Waals surface area contributed by atoms with Crippen LogP contribution in [0.25, 0.3) is 0 Å². The lowest BCUT2D eigenvalue weighted by Crippen LogP contribution is -2.43. The number of nitrogens with two attached hydrogens (primary N) is 1. The molecule has 4 heteroatoms. The zero-order valence-electron chi connectivity index (χ0n) is 6.38. The lowest BCUT2D eigenvalue weighted by molar-refractivity contribution is -0.171. The molecule has 1 saturated carbocycles. The van der Waals surface area contributed by atoms with Crippen molar-refractivity contribution in [2.75, 3.05) is 13.2 Å². The Hall–Kier alpha value is -0.610. The molecule has 2 rings (SSSR count). The summed E-state index contributed by atoms with van der Waals surface area (Å²) in [5.74, 6) is -0.0324. The summed E-state index contributed by atoms with van der Waals surface area (Å²) in [5, 5.41) is 1.41. The van der Waals surface area contributed by atoms with E-state index < -0.39 is 5.54 Å². The standard InChI is InChI=1S/C7H12N2O2/c8-7(2-3-7)6(10)9-4-1-5-11-9/h1-5,8H2. The van der Waals surface area contributed by atoms with Gasteiger partial charge in [0, 0.05) is 0 Å². The minimum atomic E-state index is -0.565. The molecule has 1 saturated heterocycles. The molecule has 1 amide bonds. The van der Waals surface area contributed by atoms with E-state index in [1.54, 1.807) is 0 Å². The third-order valence-corrected chi connectivity index (χ3v) is 2.19. The Bertz CT molecular complexity index is 183. The van der Waals surface area contributed by atoms with E-state index in [0.717, 1.165) is 19.3 Å². The molecule has 0 aromatic carbocycles. The normalized spacial score (nSPS) is 27.2. The molecule has 2 N–H and O–H groups in total. The fraction of sp³-hybridized carbons (Fsp3) is 0.857. The van der Waals surface area contributed by atoms with E-state index in [4.69, 9.17) is 10.6 Å². The van der Waals surface area contributed by atoms with Crippen LogP contribution in [0, 0.1) is 0 Å². The Labute approximate surface area is 65.2 Å². The van der Waals surface area contributed by atoms with Crippen LogP contribution < -0.4 is 5.73 Å². The molecule has 0 aromatic heterocycles. The number of rotatable bonds is 1. The van der Waals surface area contributed by atoms with Crippen molar-refractivity contribution in [2.24, 2.45) is 5.73 Å². The second-order valence-corrected chi connectivity index (χ2v) is 3.25. The number of nitrogens with zero attached hydrogens (tertiary/aromatic N) is 1. The summed E-state index contributed by atoms with van der Waals surface area (Å²) in [6, 6.07) is 0. The first-order valence-corrected chi connectivity index (χ1v) is 3.96. The molecule has 0 atom stereocenters. The van der Waals surface area contributed by atoms with Crippen LogP contribution in [0.4, 0.5) is 0 Å². The summed E-state index contributed by atoms with van der Waals surface area (Å²) in [6.07, 6.45) is 2.55. The summed E-state index contributed by atoms with van der Waals surface area (Å²) < 4.78 is 0. The first-order valence-electron chi connectivity index (χ1n) is 3.96. The topological polar surface area (TPSA) is 55.6 Å². The highest BCUT2D eigenvalue weighted by molar-refractivity contribution is 5.88. The van der Waals surface area contributed by atoms with Gasteiger partial charge in [-0.05, 0) is 19.3 Å². The average Bonchev–Trinajstić information content (AvgIpc) is 2.54. The molecular weight excluding hydrogens is 144 g/mol. The third kappa shape index (κ3) is 1.12. The van der Waals surface area contributed by atoms with E-state index in [9.17, 15) is 4.79 Å². The molecule has 0 aromatic rings. The quantitative estimate of drug-likeness (QED) is 0.564. The SMILES string of the molecule is NC1(C(=O)N2CCCO2)CC1. The number of carbonyl (C=O) groups is 1. The molecule has 2 fully saturated rings. The van der Waals surface area contributed by atoms with Crippen molar-refractivity contribution >= 4 is 5.91 Å². The van der Waals surface area contributed by atoms with Gasteiger partial charge in [0.05, 0.1) is 18.7 Å². The van der Waals surface area contributed by atoms with Crippen molar-refractivity contribution in [2.45, 2.75) is 24.8 Å². The molecule has 4 nitrogen and oxygen atoms in total. The Kier molecular flexibility index (Phi) is 1.40. The minimum Gasteiger partial charge on any atom is -0.317 e. The molecular formula is C7H12N2O2. The number of hydroxylamine groups is 2. The summed E-state index contributed by atoms with van der Waals surface area (Å²) in [4.78, 5) is 16.5. The molecule has 1 heterocycles. The average molecular weight is 156 g/mol. The van der Waals surface area contributed by atoms with Crippen LogP contribution in [-0.4, -0.2) is 29.7 Å². The second kappa shape index (κ2) is 2.19. The Balaban J connectivity index is 1.98. The van der Waals surface area contributed by atoms with E-state index >= 15 is 0 Å². The molecule has 1 aliphatic carbocycles. The summed E-state index contributed by atoms with van der Waals surface area (Å²) in [6.45, 7) is 1.36. The molecule has 11 heavy (non-hydrogen) atoms. The van der Waals surface area contributed by atoms with Crippen molar-refractivity contribution in [1.82, 2.24) is 5.06 Å². The molecule has 0 unspecified atom stereocenters. The fourth-order valence-corrected chi connectivity index (χ4v) is 1.20. The number of carbonyl (C=O) groups excluding carboxylic acids is 1. The van der Waals surface area contributed by atoms with Crippen molar-refractivity contribution < 1.29 is 9.63 Å². The Morgan fingerprint density at radius 1 is 1.55 bits per heavy atom. The summed E-state index contributed by atoms with van der Waals surface area (Å²) in [7, 11) is 0. The van der Waals surface area contributed by atoms with Gasteiger partial charge in [-0.15, -0.1) is 0 Å². The van der Waals surface area contributed by atoms with Gasteiger partial charge in [0.1, 0.15) is 0 Å². The van der Waals surface area contributed by atoms with Gasteiger partial charge in [0.25, 0.3) is 5.91 Å². The number of hydrogen-bond acceptors (Lipinski definition) is 3. The van der Waals surface area contributed by atoms with E-state index in [0.29, 0.717) is 13.2 Å². The van der Waals surface area contributed by atoms with Crippen molar-refractivity contribution in [1.29, 1.82) is 0 Å². The van der Waals surface area contributed by atoms with E-state index in [1.165, 1.54) is 5.06 Å². The lowest BCUT2D eigenvalue weighted by atomic mass is 10.2. The van der Waals surface area contributed by atoms with Crippen LogP contribution in [-0.2, 0) is 9.63 Å². The van der Waals surface area contributed by atoms with Crippen LogP contribution in [0.3, 0.4) is 0 Å². The van der Waals surface area contributed by atoms with Crippen molar-refractivity contribution in [3.05, 3.63) is 0 Å². The monoisotopic (exact) mass is 156 g/mol. The van der Waals surface area contributed by atoms with Gasteiger partial charge < -0.3 is 5.73 Å². The van der Waals surface area contributed by atoms with Crippen LogP contribution in [0.1, 0.15) is 19.3 Å². The van der Waals surface area contributed by atoms with Crippen LogP contribution in [0.5, 0.6) is 0 Å². The molecule has 62 valence electrons. The smallest absolute Gasteiger partial charge is 0.266 e. The first-order chi connectivity index (χ1) is 5.22. The van der Waals surface area contributed by atoms with Crippen molar-refractivity contribution in [3.63, 3.8) is 0 Å². The zero-order valence-corrected chi connectivity index (χ0v) is 6.38. The third-order valence-electron chi connectivity index (χ3n) is 2.19. The highest BCUT2D eigenvalue weighted by Crippen LogP contribution is 2.34. The number of amides is 1. The predicted octanol–water partition coefficient (Wildman–Crippen LogP) is -0.358. The highest BCUT2D eigenvalue weighted by Gasteiger charge is 2.49. The number of hydrogen-bond donors (Lipinski definition) is 1. The van der Waals surface area contributed by atoms with Gasteiger partial charge in [0.2, 0.25) is 0 Å². The maximum absolute atomic E-state index is 11.4. The maximum atomic E-state index is 11.4. The van der Waals surface area contributed by atoms with E-state index in [2.05, 4.69) is 0 Å². The summed E-state index contributed by atoms with van der Waals surface area (Å²) >= 11 is 0. The van der Waals surface area contributed by atoms with Crippen LogP contribution >= 0.6 is 0 Å². The van der Waals surface area contributed by atoms with Gasteiger partial charge in [-0.3, -0.25) is 9.63 Å². The van der Waals surface area contributed by atoms with Gasteiger partial charge in [0.15, 0.2) is 0 Å². The van der Waals surface area contributed by atoms with Crippen LogP contribution in [0.15, 0.2) is 0 Å². The predicted molar refractivity (Wildman–Crippen MR) is 38.4 cm³/mol. The van der Waals surface area contributed by atoms with E-state index in [1.807, 2.05) is 0 Å². The fourth-order valence-electron chi connectivity index (χ4n) is 1.20. The Morgan fingerprint density at radius 2 is 2.27 bits per heavy atom. The lowest BCUT2D eigenvalue weighted by Gasteiger charge is -2.17. The maximum Gasteiger partial charge on any atom is 0.266 e. The minimum absolute atomic E-state index is 0.0324. The highest BCUT2D eigenvalue weighted by atomic mass is 16.7. The molecule has 2 aliphatic rings.